The molecule has 1 saturated heterocycles. The SMILES string of the molecule is Cc1cc(Nc2cnc(Sc3ccccc3NC(=O)C3CC3)nc2N2CCN(C)CC2)n[nH]1. The molecule has 10 heteroatoms. The molecule has 0 bridgehead atoms. The molecule has 0 atom stereocenters. The van der Waals surface area contributed by atoms with Crippen molar-refractivity contribution in [3.05, 3.63) is 42.2 Å². The average Bonchev–Trinajstić information content (AvgIpc) is 3.59. The fourth-order valence-corrected chi connectivity index (χ4v) is 4.52. The van der Waals surface area contributed by atoms with Crippen LogP contribution < -0.4 is 15.5 Å². The van der Waals surface area contributed by atoms with Gasteiger partial charge in [-0.3, -0.25) is 9.89 Å². The highest BCUT2D eigenvalue weighted by molar-refractivity contribution is 7.99. The van der Waals surface area contributed by atoms with Crippen molar-refractivity contribution in [1.29, 1.82) is 0 Å². The van der Waals surface area contributed by atoms with Crippen LogP contribution in [0.25, 0.3) is 0 Å². The number of aromatic amines is 1. The smallest absolute Gasteiger partial charge is 0.227 e. The van der Waals surface area contributed by atoms with Crippen LogP contribution in [0, 0.1) is 12.8 Å². The second kappa shape index (κ2) is 9.40. The summed E-state index contributed by atoms with van der Waals surface area (Å²) >= 11 is 1.46. The molecule has 1 amide bonds. The number of likely N-dealkylation sites (N-methyl/N-ethyl adjacent to an activating group) is 1. The van der Waals surface area contributed by atoms with Crippen molar-refractivity contribution in [2.75, 3.05) is 48.8 Å². The number of aryl methyl sites for hydroxylation is 1. The summed E-state index contributed by atoms with van der Waals surface area (Å²) in [5.41, 5.74) is 2.61. The number of para-hydroxylation sites is 1. The number of anilines is 4. The Bertz CT molecular complexity index is 1140. The van der Waals surface area contributed by atoms with Gasteiger partial charge in [-0.2, -0.15) is 5.10 Å². The van der Waals surface area contributed by atoms with Gasteiger partial charge in [0.2, 0.25) is 5.91 Å². The van der Waals surface area contributed by atoms with Gasteiger partial charge in [-0.15, -0.1) is 0 Å². The summed E-state index contributed by atoms with van der Waals surface area (Å²) in [5.74, 6) is 1.84. The summed E-state index contributed by atoms with van der Waals surface area (Å²) in [6.45, 7) is 5.70. The summed E-state index contributed by atoms with van der Waals surface area (Å²) in [7, 11) is 2.14. The van der Waals surface area contributed by atoms with Gasteiger partial charge in [-0.1, -0.05) is 12.1 Å². The molecule has 5 rings (SSSR count). The number of aromatic nitrogens is 4. The molecule has 1 saturated carbocycles. The van der Waals surface area contributed by atoms with Crippen LogP contribution in [0.15, 0.2) is 46.6 Å². The van der Waals surface area contributed by atoms with Gasteiger partial charge in [0, 0.05) is 48.8 Å². The van der Waals surface area contributed by atoms with E-state index in [1.54, 1.807) is 0 Å². The Morgan fingerprint density at radius 2 is 1.94 bits per heavy atom. The number of piperazine rings is 1. The van der Waals surface area contributed by atoms with Crippen molar-refractivity contribution in [2.24, 2.45) is 5.92 Å². The highest BCUT2D eigenvalue weighted by Gasteiger charge is 2.30. The molecule has 2 aliphatic rings. The number of benzene rings is 1. The van der Waals surface area contributed by atoms with Gasteiger partial charge in [0.15, 0.2) is 16.8 Å². The van der Waals surface area contributed by atoms with Crippen LogP contribution in [0.4, 0.5) is 23.0 Å². The number of nitrogens with one attached hydrogen (secondary N) is 3. The number of H-pyrrole nitrogens is 1. The van der Waals surface area contributed by atoms with Gasteiger partial charge in [-0.05, 0) is 50.7 Å². The first-order chi connectivity index (χ1) is 16.0. The molecule has 0 spiro atoms. The van der Waals surface area contributed by atoms with Crippen LogP contribution in [0.5, 0.6) is 0 Å². The third-order valence-corrected chi connectivity index (χ3v) is 6.77. The minimum absolute atomic E-state index is 0.0935. The molecule has 0 unspecified atom stereocenters. The van der Waals surface area contributed by atoms with E-state index in [4.69, 9.17) is 4.98 Å². The van der Waals surface area contributed by atoms with Crippen molar-refractivity contribution in [3.63, 3.8) is 0 Å². The third-order valence-electron chi connectivity index (χ3n) is 5.81. The number of carbonyl (C=O) groups excluding carboxylic acids is 1. The minimum Gasteiger partial charge on any atom is -0.352 e. The Morgan fingerprint density at radius 3 is 2.67 bits per heavy atom. The Morgan fingerprint density at radius 1 is 1.15 bits per heavy atom. The van der Waals surface area contributed by atoms with Gasteiger partial charge < -0.3 is 20.4 Å². The Hall–Kier alpha value is -3.11. The van der Waals surface area contributed by atoms with Crippen LogP contribution >= 0.6 is 11.8 Å². The quantitative estimate of drug-likeness (QED) is 0.457. The molecule has 1 aliphatic carbocycles. The lowest BCUT2D eigenvalue weighted by Gasteiger charge is -2.34. The van der Waals surface area contributed by atoms with Gasteiger partial charge >= 0.3 is 0 Å². The molecule has 9 nitrogen and oxygen atoms in total. The Balaban J connectivity index is 1.41. The lowest BCUT2D eigenvalue weighted by molar-refractivity contribution is -0.117. The zero-order valence-corrected chi connectivity index (χ0v) is 19.7. The fraction of sp³-hybridized carbons (Fsp3) is 0.391. The number of nitrogens with zero attached hydrogens (tertiary/aromatic N) is 5. The maximum atomic E-state index is 12.3. The van der Waals surface area contributed by atoms with E-state index >= 15 is 0 Å². The lowest BCUT2D eigenvalue weighted by Crippen LogP contribution is -2.45. The van der Waals surface area contributed by atoms with E-state index in [-0.39, 0.29) is 11.8 Å². The minimum atomic E-state index is 0.0935. The third kappa shape index (κ3) is 5.28. The van der Waals surface area contributed by atoms with Crippen LogP contribution in [-0.4, -0.2) is 64.2 Å². The molecule has 3 heterocycles. The molecular formula is C23H28N8OS. The van der Waals surface area contributed by atoms with E-state index in [0.29, 0.717) is 5.16 Å². The molecule has 1 aromatic carbocycles. The summed E-state index contributed by atoms with van der Waals surface area (Å²) < 4.78 is 0. The van der Waals surface area contributed by atoms with Crippen molar-refractivity contribution < 1.29 is 4.79 Å². The highest BCUT2D eigenvalue weighted by atomic mass is 32.2. The van der Waals surface area contributed by atoms with Crippen molar-refractivity contribution in [1.82, 2.24) is 25.1 Å². The summed E-state index contributed by atoms with van der Waals surface area (Å²) in [5, 5.41) is 14.3. The normalized spacial score (nSPS) is 16.6. The zero-order chi connectivity index (χ0) is 22.8. The second-order valence-corrected chi connectivity index (χ2v) is 9.61. The van der Waals surface area contributed by atoms with Crippen LogP contribution in [0.2, 0.25) is 0 Å². The molecule has 3 N–H and O–H groups in total. The maximum Gasteiger partial charge on any atom is 0.227 e. The van der Waals surface area contributed by atoms with Crippen LogP contribution in [0.1, 0.15) is 18.5 Å². The first kappa shape index (κ1) is 21.7. The largest absolute Gasteiger partial charge is 0.352 e. The van der Waals surface area contributed by atoms with Gasteiger partial charge in [0.1, 0.15) is 5.69 Å². The van der Waals surface area contributed by atoms with Gasteiger partial charge in [0.05, 0.1) is 11.9 Å². The van der Waals surface area contributed by atoms with E-state index in [1.807, 2.05) is 43.5 Å². The maximum absolute atomic E-state index is 12.3. The van der Waals surface area contributed by atoms with E-state index in [9.17, 15) is 4.79 Å². The predicted molar refractivity (Wildman–Crippen MR) is 130 cm³/mol. The summed E-state index contributed by atoms with van der Waals surface area (Å²) in [6, 6.07) is 9.77. The summed E-state index contributed by atoms with van der Waals surface area (Å²) in [4.78, 5) is 27.4. The van der Waals surface area contributed by atoms with Crippen molar-refractivity contribution >= 4 is 40.7 Å². The topological polar surface area (TPSA) is 102 Å². The molecule has 0 radical (unpaired) electrons. The molecule has 2 aromatic heterocycles. The van der Waals surface area contributed by atoms with E-state index < -0.39 is 0 Å². The van der Waals surface area contributed by atoms with E-state index in [0.717, 1.165) is 72.6 Å². The van der Waals surface area contributed by atoms with Gasteiger partial charge in [0.25, 0.3) is 0 Å². The number of carbonyl (C=O) groups is 1. The number of hydrogen-bond acceptors (Lipinski definition) is 8. The molecule has 172 valence electrons. The second-order valence-electron chi connectivity index (χ2n) is 8.60. The first-order valence-corrected chi connectivity index (χ1v) is 12.0. The summed E-state index contributed by atoms with van der Waals surface area (Å²) in [6.07, 6.45) is 3.77. The number of hydrogen-bond donors (Lipinski definition) is 3. The number of rotatable bonds is 7. The Labute approximate surface area is 197 Å². The Kier molecular flexibility index (Phi) is 6.19. The standard InChI is InChI=1S/C23H28N8OS/c1-15-13-20(29-28-15)25-18-14-24-23(27-21(18)31-11-9-30(2)10-12-31)33-19-6-4-3-5-17(19)26-22(32)16-7-8-16/h3-6,13-14,16H,7-12H2,1-2H3,(H,26,32)(H2,25,28,29). The lowest BCUT2D eigenvalue weighted by atomic mass is 10.3. The fourth-order valence-electron chi connectivity index (χ4n) is 3.71. The van der Waals surface area contributed by atoms with Gasteiger partial charge in [-0.25, -0.2) is 9.97 Å². The van der Waals surface area contributed by atoms with Crippen molar-refractivity contribution in [2.45, 2.75) is 29.8 Å². The van der Waals surface area contributed by atoms with E-state index in [2.05, 4.69) is 42.7 Å². The van der Waals surface area contributed by atoms with Crippen LogP contribution in [0.3, 0.4) is 0 Å². The number of amides is 1. The molecule has 2 fully saturated rings. The molecule has 1 aliphatic heterocycles. The van der Waals surface area contributed by atoms with E-state index in [1.165, 1.54) is 11.8 Å². The van der Waals surface area contributed by atoms with Crippen molar-refractivity contribution in [3.8, 4) is 0 Å². The molecule has 3 aromatic rings. The monoisotopic (exact) mass is 464 g/mol. The zero-order valence-electron chi connectivity index (χ0n) is 18.8. The highest BCUT2D eigenvalue weighted by Crippen LogP contribution is 2.36. The average molecular weight is 465 g/mol. The predicted octanol–water partition coefficient (Wildman–Crippen LogP) is 3.50. The molecule has 33 heavy (non-hydrogen) atoms. The first-order valence-electron chi connectivity index (χ1n) is 11.2. The van der Waals surface area contributed by atoms with Crippen LogP contribution in [-0.2, 0) is 4.79 Å². The molecular weight excluding hydrogens is 436 g/mol.